The summed E-state index contributed by atoms with van der Waals surface area (Å²) in [5, 5.41) is 2.49. The number of hydrogen-bond donors (Lipinski definition) is 0. The molecule has 0 aliphatic heterocycles. The number of fused-ring (bicyclic) bond motifs is 1. The number of carbonyl (C=O) groups is 1. The minimum Gasteiger partial charge on any atom is -0.460 e. The second-order valence-electron chi connectivity index (χ2n) is 8.15. The summed E-state index contributed by atoms with van der Waals surface area (Å²) < 4.78 is 5.58. The molecule has 0 atom stereocenters. The van der Waals surface area contributed by atoms with E-state index in [1.165, 1.54) is 21.9 Å². The third kappa shape index (κ3) is 4.17. The Morgan fingerprint density at radius 2 is 1.67 bits per heavy atom. The van der Waals surface area contributed by atoms with Gasteiger partial charge in [-0.25, -0.2) is 0 Å². The van der Waals surface area contributed by atoms with E-state index in [-0.39, 0.29) is 5.97 Å². The Hall–Kier alpha value is -1.83. The van der Waals surface area contributed by atoms with Crippen molar-refractivity contribution < 1.29 is 9.53 Å². The maximum absolute atomic E-state index is 12.5. The Kier molecular flexibility index (Phi) is 5.37. The van der Waals surface area contributed by atoms with Crippen molar-refractivity contribution >= 4 is 16.7 Å². The molecule has 0 amide bonds. The van der Waals surface area contributed by atoms with Crippen LogP contribution in [0.1, 0.15) is 77.0 Å². The quantitative estimate of drug-likeness (QED) is 0.647. The van der Waals surface area contributed by atoms with E-state index in [0.29, 0.717) is 18.3 Å². The van der Waals surface area contributed by atoms with Crippen LogP contribution in [0.4, 0.5) is 0 Å². The van der Waals surface area contributed by atoms with E-state index in [0.717, 1.165) is 5.56 Å². The van der Waals surface area contributed by atoms with Crippen LogP contribution in [0.15, 0.2) is 30.3 Å². The molecule has 0 aliphatic rings. The Balaban J connectivity index is 2.62. The first-order valence-electron chi connectivity index (χ1n) is 8.86. The van der Waals surface area contributed by atoms with Crippen LogP contribution in [-0.2, 0) is 16.0 Å². The van der Waals surface area contributed by atoms with E-state index in [9.17, 15) is 4.79 Å². The molecule has 0 fully saturated rings. The van der Waals surface area contributed by atoms with E-state index in [2.05, 4.69) is 58.0 Å². The number of ether oxygens (including phenoxy) is 1. The van der Waals surface area contributed by atoms with Crippen LogP contribution in [0.3, 0.4) is 0 Å². The minimum absolute atomic E-state index is 0.151. The lowest BCUT2D eigenvalue weighted by atomic mass is 9.83. The molecule has 0 saturated heterocycles. The highest BCUT2D eigenvalue weighted by atomic mass is 16.6. The first-order chi connectivity index (χ1) is 11.1. The van der Waals surface area contributed by atoms with E-state index >= 15 is 0 Å². The highest BCUT2D eigenvalue weighted by molar-refractivity contribution is 5.90. The molecular formula is C22H30O2. The van der Waals surface area contributed by atoms with Crippen molar-refractivity contribution in [3.63, 3.8) is 0 Å². The van der Waals surface area contributed by atoms with E-state index < -0.39 is 5.60 Å². The molecule has 0 spiro atoms. The number of benzene rings is 2. The zero-order valence-corrected chi connectivity index (χ0v) is 16.1. The molecule has 2 nitrogen and oxygen atoms in total. The zero-order chi connectivity index (χ0) is 18.1. The predicted molar refractivity (Wildman–Crippen MR) is 102 cm³/mol. The average Bonchev–Trinajstić information content (AvgIpc) is 2.43. The van der Waals surface area contributed by atoms with Crippen LogP contribution < -0.4 is 0 Å². The summed E-state index contributed by atoms with van der Waals surface area (Å²) in [4.78, 5) is 12.5. The molecule has 2 heteroatoms. The molecule has 0 heterocycles. The van der Waals surface area contributed by atoms with Crippen molar-refractivity contribution in [3.05, 3.63) is 47.0 Å². The van der Waals surface area contributed by atoms with Gasteiger partial charge in [0.1, 0.15) is 5.60 Å². The van der Waals surface area contributed by atoms with Crippen molar-refractivity contribution in [1.82, 2.24) is 0 Å². The van der Waals surface area contributed by atoms with Crippen LogP contribution in [-0.4, -0.2) is 11.6 Å². The first kappa shape index (κ1) is 18.5. The van der Waals surface area contributed by atoms with Gasteiger partial charge in [-0.2, -0.15) is 0 Å². The molecule has 2 aromatic carbocycles. The van der Waals surface area contributed by atoms with E-state index in [1.54, 1.807) is 0 Å². The van der Waals surface area contributed by atoms with Gasteiger partial charge in [0.2, 0.25) is 0 Å². The van der Waals surface area contributed by atoms with Gasteiger partial charge < -0.3 is 4.74 Å². The molecule has 2 aromatic rings. The molecule has 0 N–H and O–H groups in total. The van der Waals surface area contributed by atoms with Gasteiger partial charge in [0, 0.05) is 0 Å². The third-order valence-electron chi connectivity index (χ3n) is 4.18. The van der Waals surface area contributed by atoms with E-state index in [4.69, 9.17) is 4.74 Å². The summed E-state index contributed by atoms with van der Waals surface area (Å²) in [6.45, 7) is 14.5. The molecule has 130 valence electrons. The highest BCUT2D eigenvalue weighted by Gasteiger charge is 2.23. The molecule has 2 rings (SSSR count). The van der Waals surface area contributed by atoms with Gasteiger partial charge in [-0.1, -0.05) is 58.0 Å². The van der Waals surface area contributed by atoms with Crippen molar-refractivity contribution in [3.8, 4) is 0 Å². The summed E-state index contributed by atoms with van der Waals surface area (Å²) in [6.07, 6.45) is 0.336. The smallest absolute Gasteiger partial charge is 0.310 e. The summed E-state index contributed by atoms with van der Waals surface area (Å²) in [5.41, 5.74) is 3.23. The Labute approximate surface area is 146 Å². The maximum Gasteiger partial charge on any atom is 0.310 e. The fourth-order valence-electron chi connectivity index (χ4n) is 3.33. The molecular weight excluding hydrogens is 296 g/mol. The molecule has 0 aromatic heterocycles. The van der Waals surface area contributed by atoms with Crippen molar-refractivity contribution in [1.29, 1.82) is 0 Å². The Morgan fingerprint density at radius 3 is 2.21 bits per heavy atom. The molecule has 0 aliphatic carbocycles. The van der Waals surface area contributed by atoms with Crippen molar-refractivity contribution in [2.45, 2.75) is 72.3 Å². The van der Waals surface area contributed by atoms with E-state index in [1.807, 2.05) is 20.8 Å². The Morgan fingerprint density at radius 1 is 1.04 bits per heavy atom. The topological polar surface area (TPSA) is 26.3 Å². The van der Waals surface area contributed by atoms with Gasteiger partial charge in [-0.3, -0.25) is 4.79 Å². The van der Waals surface area contributed by atoms with Crippen molar-refractivity contribution in [2.24, 2.45) is 0 Å². The highest BCUT2D eigenvalue weighted by Crippen LogP contribution is 2.35. The molecule has 0 bridgehead atoms. The predicted octanol–water partition coefficient (Wildman–Crippen LogP) is 5.97. The van der Waals surface area contributed by atoms with Crippen LogP contribution in [0.5, 0.6) is 0 Å². The summed E-state index contributed by atoms with van der Waals surface area (Å²) in [5.74, 6) is 0.567. The molecule has 24 heavy (non-hydrogen) atoms. The lowest BCUT2D eigenvalue weighted by molar-refractivity contribution is -0.153. The fourth-order valence-corrected chi connectivity index (χ4v) is 3.33. The SMILES string of the molecule is CC(C)c1cc2ccccc2c(C(C)C)c1CC(=O)OC(C)(C)C. The number of hydrogen-bond acceptors (Lipinski definition) is 2. The summed E-state index contributed by atoms with van der Waals surface area (Å²) in [7, 11) is 0. The summed E-state index contributed by atoms with van der Waals surface area (Å²) >= 11 is 0. The van der Waals surface area contributed by atoms with Crippen LogP contribution in [0.2, 0.25) is 0 Å². The first-order valence-corrected chi connectivity index (χ1v) is 8.86. The fraction of sp³-hybridized carbons (Fsp3) is 0.500. The van der Waals surface area contributed by atoms with Gasteiger partial charge in [0.15, 0.2) is 0 Å². The normalized spacial score (nSPS) is 12.2. The van der Waals surface area contributed by atoms with Crippen LogP contribution in [0, 0.1) is 0 Å². The Bertz CT molecular complexity index is 733. The van der Waals surface area contributed by atoms with Gasteiger partial charge in [0.25, 0.3) is 0 Å². The second kappa shape index (κ2) is 6.96. The monoisotopic (exact) mass is 326 g/mol. The van der Waals surface area contributed by atoms with Gasteiger partial charge in [-0.05, 0) is 60.1 Å². The largest absolute Gasteiger partial charge is 0.460 e. The lowest BCUT2D eigenvalue weighted by Crippen LogP contribution is -2.25. The number of rotatable bonds is 4. The maximum atomic E-state index is 12.5. The van der Waals surface area contributed by atoms with Gasteiger partial charge in [-0.15, -0.1) is 0 Å². The van der Waals surface area contributed by atoms with Gasteiger partial charge in [0.05, 0.1) is 6.42 Å². The van der Waals surface area contributed by atoms with Crippen molar-refractivity contribution in [2.75, 3.05) is 0 Å². The third-order valence-corrected chi connectivity index (χ3v) is 4.18. The number of carbonyl (C=O) groups excluding carboxylic acids is 1. The lowest BCUT2D eigenvalue weighted by Gasteiger charge is -2.24. The minimum atomic E-state index is -0.454. The number of esters is 1. The molecule has 0 radical (unpaired) electrons. The van der Waals surface area contributed by atoms with Crippen LogP contribution in [0.25, 0.3) is 10.8 Å². The summed E-state index contributed by atoms with van der Waals surface area (Å²) in [6, 6.07) is 10.7. The zero-order valence-electron chi connectivity index (χ0n) is 16.1. The molecule has 0 unspecified atom stereocenters. The standard InChI is InChI=1S/C22H30O2/c1-14(2)18-12-16-10-8-9-11-17(16)21(15(3)4)19(18)13-20(23)24-22(5,6)7/h8-12,14-15H,13H2,1-7H3. The van der Waals surface area contributed by atoms with Gasteiger partial charge >= 0.3 is 5.97 Å². The molecule has 0 saturated carbocycles. The van der Waals surface area contributed by atoms with Crippen LogP contribution >= 0.6 is 0 Å². The average molecular weight is 326 g/mol. The second-order valence-corrected chi connectivity index (χ2v) is 8.15.